The first-order valence-corrected chi connectivity index (χ1v) is 11.6. The van der Waals surface area contributed by atoms with E-state index in [-0.39, 0.29) is 35.0 Å². The molecule has 0 aromatic carbocycles. The second-order valence-corrected chi connectivity index (χ2v) is 9.36. The van der Waals surface area contributed by atoms with Crippen LogP contribution >= 0.6 is 0 Å². The molecule has 2 atom stereocenters. The van der Waals surface area contributed by atoms with E-state index in [4.69, 9.17) is 26.5 Å². The fourth-order valence-corrected chi connectivity index (χ4v) is 4.04. The highest BCUT2D eigenvalue weighted by Crippen LogP contribution is 2.38. The van der Waals surface area contributed by atoms with Crippen molar-refractivity contribution in [2.75, 3.05) is 31.6 Å². The van der Waals surface area contributed by atoms with Crippen LogP contribution in [0.5, 0.6) is 0 Å². The number of anilines is 1. The van der Waals surface area contributed by atoms with Crippen molar-refractivity contribution in [2.24, 2.45) is 22.0 Å². The molecule has 0 spiro atoms. The van der Waals surface area contributed by atoms with E-state index in [0.29, 0.717) is 18.8 Å². The molecule has 1 aliphatic carbocycles. The summed E-state index contributed by atoms with van der Waals surface area (Å²) in [5, 5.41) is 29.4. The molecule has 2 aromatic heterocycles. The van der Waals surface area contributed by atoms with Gasteiger partial charge in [-0.2, -0.15) is 0 Å². The Balaban J connectivity index is 0.000000383. The van der Waals surface area contributed by atoms with Crippen molar-refractivity contribution in [1.29, 1.82) is 0 Å². The van der Waals surface area contributed by atoms with Gasteiger partial charge in [0, 0.05) is 30.7 Å². The average molecular weight is 537 g/mol. The summed E-state index contributed by atoms with van der Waals surface area (Å²) in [6.45, 7) is 2.90. The first kappa shape index (κ1) is 28.5. The highest BCUT2D eigenvalue weighted by Gasteiger charge is 2.41. The van der Waals surface area contributed by atoms with Crippen LogP contribution in [-0.4, -0.2) is 81.3 Å². The Labute approximate surface area is 215 Å². The summed E-state index contributed by atoms with van der Waals surface area (Å²) < 4.78 is 16.7. The SMILES string of the molecule is CO/N=C1/CN(c2nc3c(cc2F)c(=O)c(C(=O)O)cn3C2CC2)C[C@@]1(C)CN.N[C@@H](CC(=O)O)C(=O)O. The number of halogens is 1. The number of rotatable bonds is 8. The van der Waals surface area contributed by atoms with Gasteiger partial charge in [0.25, 0.3) is 0 Å². The van der Waals surface area contributed by atoms with E-state index in [1.165, 1.54) is 13.3 Å². The molecule has 7 N–H and O–H groups in total. The minimum atomic E-state index is -1.34. The predicted molar refractivity (Wildman–Crippen MR) is 133 cm³/mol. The monoisotopic (exact) mass is 536 g/mol. The lowest BCUT2D eigenvalue weighted by Crippen LogP contribution is -2.36. The third-order valence-electron chi connectivity index (χ3n) is 6.35. The minimum absolute atomic E-state index is 0.0374. The number of carboxylic acids is 3. The van der Waals surface area contributed by atoms with E-state index in [2.05, 4.69) is 10.1 Å². The molecule has 2 fully saturated rings. The first-order chi connectivity index (χ1) is 17.8. The Hall–Kier alpha value is -4.11. The number of hydrogen-bond donors (Lipinski definition) is 5. The van der Waals surface area contributed by atoms with E-state index in [1.807, 2.05) is 6.92 Å². The molecule has 1 aliphatic heterocycles. The van der Waals surface area contributed by atoms with Gasteiger partial charge in [-0.3, -0.25) is 14.4 Å². The molecule has 1 saturated carbocycles. The number of aliphatic carboxylic acids is 2. The number of oxime groups is 1. The maximum Gasteiger partial charge on any atom is 0.341 e. The summed E-state index contributed by atoms with van der Waals surface area (Å²) in [4.78, 5) is 54.7. The van der Waals surface area contributed by atoms with Crippen LogP contribution in [-0.2, 0) is 14.4 Å². The van der Waals surface area contributed by atoms with Crippen molar-refractivity contribution >= 4 is 40.5 Å². The maximum absolute atomic E-state index is 15.0. The van der Waals surface area contributed by atoms with Crippen molar-refractivity contribution in [1.82, 2.24) is 9.55 Å². The number of carboxylic acid groups (broad SMARTS) is 3. The number of nitrogens with zero attached hydrogens (tertiary/aromatic N) is 4. The normalized spacial score (nSPS) is 20.7. The van der Waals surface area contributed by atoms with Gasteiger partial charge in [-0.05, 0) is 18.9 Å². The zero-order chi connectivity index (χ0) is 28.4. The Kier molecular flexibility index (Phi) is 8.31. The van der Waals surface area contributed by atoms with Gasteiger partial charge in [-0.25, -0.2) is 14.2 Å². The number of pyridine rings is 2. The van der Waals surface area contributed by atoms with Crippen LogP contribution in [0.4, 0.5) is 10.2 Å². The van der Waals surface area contributed by atoms with Crippen LogP contribution in [0.1, 0.15) is 42.6 Å². The van der Waals surface area contributed by atoms with E-state index in [0.717, 1.165) is 18.9 Å². The second-order valence-electron chi connectivity index (χ2n) is 9.36. The Morgan fingerprint density at radius 1 is 1.32 bits per heavy atom. The summed E-state index contributed by atoms with van der Waals surface area (Å²) in [6, 6.07) is -0.153. The van der Waals surface area contributed by atoms with Gasteiger partial charge in [0.2, 0.25) is 5.43 Å². The standard InChI is InChI=1S/C19H22FN5O4.C4H7NO4/c1-19(8-21)9-24(7-14(19)23-29-2)17-13(20)5-11-15(26)12(18(27)28)6-25(10-3-4-10)16(11)22-17;5-2(4(8)9)1-3(6)7/h5-6,10H,3-4,7-9,21H2,1-2H3,(H,27,28);2H,1,5H2,(H,6,7)(H,8,9)/b23-14-;/t19-;2-/m10/s1. The van der Waals surface area contributed by atoms with Gasteiger partial charge in [-0.1, -0.05) is 12.1 Å². The summed E-state index contributed by atoms with van der Waals surface area (Å²) >= 11 is 0. The summed E-state index contributed by atoms with van der Waals surface area (Å²) in [5.74, 6) is -4.45. The first-order valence-electron chi connectivity index (χ1n) is 11.6. The largest absolute Gasteiger partial charge is 0.481 e. The molecule has 206 valence electrons. The molecule has 0 unspecified atom stereocenters. The molecule has 1 saturated heterocycles. The van der Waals surface area contributed by atoms with E-state index < -0.39 is 47.0 Å². The van der Waals surface area contributed by atoms with Crippen LogP contribution in [0.3, 0.4) is 0 Å². The molecule has 3 heterocycles. The zero-order valence-corrected chi connectivity index (χ0v) is 20.8. The number of hydrogen-bond acceptors (Lipinski definition) is 10. The summed E-state index contributed by atoms with van der Waals surface area (Å²) in [6.07, 6.45) is 2.48. The fourth-order valence-electron chi connectivity index (χ4n) is 4.04. The van der Waals surface area contributed by atoms with Crippen LogP contribution in [0.15, 0.2) is 22.2 Å². The smallest absolute Gasteiger partial charge is 0.341 e. The second kappa shape index (κ2) is 11.1. The van der Waals surface area contributed by atoms with Crippen molar-refractivity contribution in [3.05, 3.63) is 33.9 Å². The quantitative estimate of drug-likeness (QED) is 0.286. The van der Waals surface area contributed by atoms with Gasteiger partial charge in [-0.15, -0.1) is 0 Å². The molecule has 4 rings (SSSR count). The number of nitrogens with two attached hydrogens (primary N) is 2. The van der Waals surface area contributed by atoms with Gasteiger partial charge < -0.3 is 41.1 Å². The number of aromatic nitrogens is 2. The van der Waals surface area contributed by atoms with Crippen molar-refractivity contribution in [3.8, 4) is 0 Å². The van der Waals surface area contributed by atoms with Crippen LogP contribution < -0.4 is 21.8 Å². The molecular weight excluding hydrogens is 507 g/mol. The molecule has 14 nitrogen and oxygen atoms in total. The number of carbonyl (C=O) groups is 3. The van der Waals surface area contributed by atoms with Gasteiger partial charge >= 0.3 is 17.9 Å². The lowest BCUT2D eigenvalue weighted by Gasteiger charge is -2.23. The molecule has 2 aliphatic rings. The fraction of sp³-hybridized carbons (Fsp3) is 0.478. The molecule has 0 radical (unpaired) electrons. The number of aromatic carboxylic acids is 1. The number of fused-ring (bicyclic) bond motifs is 1. The van der Waals surface area contributed by atoms with Crippen LogP contribution in [0.2, 0.25) is 0 Å². The summed E-state index contributed by atoms with van der Waals surface area (Å²) in [5.41, 5.74) is 10.1. The van der Waals surface area contributed by atoms with Gasteiger partial charge in [0.1, 0.15) is 24.4 Å². The maximum atomic E-state index is 15.0. The lowest BCUT2D eigenvalue weighted by molar-refractivity contribution is -0.144. The van der Waals surface area contributed by atoms with Crippen molar-refractivity contribution < 1.29 is 38.9 Å². The third kappa shape index (κ3) is 5.89. The topological polar surface area (TPSA) is 224 Å². The van der Waals surface area contributed by atoms with Crippen molar-refractivity contribution in [3.63, 3.8) is 0 Å². The van der Waals surface area contributed by atoms with Crippen LogP contribution in [0, 0.1) is 11.2 Å². The highest BCUT2D eigenvalue weighted by atomic mass is 19.1. The van der Waals surface area contributed by atoms with E-state index >= 15 is 0 Å². The Bertz CT molecular complexity index is 1360. The van der Waals surface area contributed by atoms with E-state index in [9.17, 15) is 28.7 Å². The Morgan fingerprint density at radius 3 is 2.45 bits per heavy atom. The van der Waals surface area contributed by atoms with Gasteiger partial charge in [0.05, 0.1) is 24.1 Å². The highest BCUT2D eigenvalue weighted by molar-refractivity contribution is 5.97. The van der Waals surface area contributed by atoms with Crippen LogP contribution in [0.25, 0.3) is 11.0 Å². The third-order valence-corrected chi connectivity index (χ3v) is 6.35. The average Bonchev–Trinajstić information content (AvgIpc) is 3.63. The predicted octanol–water partition coefficient (Wildman–Crippen LogP) is 0.229. The Morgan fingerprint density at radius 2 is 1.97 bits per heavy atom. The molecule has 38 heavy (non-hydrogen) atoms. The molecular formula is C23H29FN6O8. The lowest BCUT2D eigenvalue weighted by atomic mass is 9.88. The van der Waals surface area contributed by atoms with Gasteiger partial charge in [0.15, 0.2) is 11.6 Å². The molecule has 0 bridgehead atoms. The minimum Gasteiger partial charge on any atom is -0.481 e. The van der Waals surface area contributed by atoms with Crippen molar-refractivity contribution in [2.45, 2.75) is 38.3 Å². The molecule has 2 aromatic rings. The zero-order valence-electron chi connectivity index (χ0n) is 20.8. The summed E-state index contributed by atoms with van der Waals surface area (Å²) in [7, 11) is 1.44. The van der Waals surface area contributed by atoms with E-state index in [1.54, 1.807) is 9.47 Å². The molecule has 15 heteroatoms. The molecule has 0 amide bonds.